The van der Waals surface area contributed by atoms with Crippen LogP contribution in [0.15, 0.2) is 5.16 Å². The first-order valence-electron chi connectivity index (χ1n) is 5.94. The Morgan fingerprint density at radius 3 is 2.87 bits per heavy atom. The second-order valence-corrected chi connectivity index (χ2v) is 4.39. The molecule has 1 heterocycles. The molecule has 0 radical (unpaired) electrons. The van der Waals surface area contributed by atoms with E-state index in [2.05, 4.69) is 23.9 Å². The normalized spacial score (nSPS) is 25.7. The zero-order valence-corrected chi connectivity index (χ0v) is 9.82. The molecule has 2 unspecified atom stereocenters. The summed E-state index contributed by atoms with van der Waals surface area (Å²) in [5.41, 5.74) is 5.69. The second kappa shape index (κ2) is 5.95. The van der Waals surface area contributed by atoms with Crippen molar-refractivity contribution in [3.63, 3.8) is 0 Å². The molecule has 0 spiro atoms. The lowest BCUT2D eigenvalue weighted by Crippen LogP contribution is -2.43. The average Bonchev–Trinajstić information content (AvgIpc) is 2.68. The second-order valence-electron chi connectivity index (χ2n) is 4.39. The van der Waals surface area contributed by atoms with Crippen LogP contribution in [0.2, 0.25) is 0 Å². The summed E-state index contributed by atoms with van der Waals surface area (Å²) in [7, 11) is 0. The largest absolute Gasteiger partial charge is 0.409 e. The Hall–Kier alpha value is -0.770. The third-order valence-corrected chi connectivity index (χ3v) is 3.30. The summed E-state index contributed by atoms with van der Waals surface area (Å²) in [6.45, 7) is 6.49. The lowest BCUT2D eigenvalue weighted by Gasteiger charge is -2.25. The molecular formula is C11H23N3O. The molecule has 0 aromatic rings. The maximum absolute atomic E-state index is 8.70. The summed E-state index contributed by atoms with van der Waals surface area (Å²) in [6, 6.07) is 0.122. The van der Waals surface area contributed by atoms with E-state index in [1.165, 1.54) is 19.3 Å². The molecule has 1 saturated heterocycles. The van der Waals surface area contributed by atoms with Gasteiger partial charge in [-0.15, -0.1) is 0 Å². The quantitative estimate of drug-likeness (QED) is 0.316. The van der Waals surface area contributed by atoms with Crippen LogP contribution in [0.3, 0.4) is 0 Å². The van der Waals surface area contributed by atoms with E-state index in [0.717, 1.165) is 25.4 Å². The van der Waals surface area contributed by atoms with Gasteiger partial charge in [0.05, 0.1) is 6.04 Å². The lowest BCUT2D eigenvalue weighted by molar-refractivity contribution is 0.262. The van der Waals surface area contributed by atoms with Crippen LogP contribution in [-0.4, -0.2) is 35.1 Å². The molecule has 0 aromatic heterocycles. The third-order valence-electron chi connectivity index (χ3n) is 3.30. The summed E-state index contributed by atoms with van der Waals surface area (Å²) in [6.07, 6.45) is 4.71. The summed E-state index contributed by atoms with van der Waals surface area (Å²) in [5.74, 6) is 1.16. The Morgan fingerprint density at radius 1 is 1.60 bits per heavy atom. The highest BCUT2D eigenvalue weighted by Gasteiger charge is 2.28. The van der Waals surface area contributed by atoms with Crippen molar-refractivity contribution in [2.24, 2.45) is 16.8 Å². The lowest BCUT2D eigenvalue weighted by atomic mass is 10.0. The number of nitrogens with two attached hydrogens (primary N) is 1. The summed E-state index contributed by atoms with van der Waals surface area (Å²) in [5, 5.41) is 11.8. The first kappa shape index (κ1) is 12.3. The molecule has 1 aliphatic rings. The van der Waals surface area contributed by atoms with Gasteiger partial charge in [-0.2, -0.15) is 0 Å². The molecule has 15 heavy (non-hydrogen) atoms. The van der Waals surface area contributed by atoms with Gasteiger partial charge < -0.3 is 10.9 Å². The molecule has 0 amide bonds. The fourth-order valence-corrected chi connectivity index (χ4v) is 2.51. The molecule has 3 N–H and O–H groups in total. The first-order chi connectivity index (χ1) is 7.22. The molecule has 4 heteroatoms. The molecule has 0 saturated carbocycles. The Morgan fingerprint density at radius 2 is 2.33 bits per heavy atom. The van der Waals surface area contributed by atoms with Gasteiger partial charge in [0.1, 0.15) is 0 Å². The minimum absolute atomic E-state index is 0.122. The van der Waals surface area contributed by atoms with Gasteiger partial charge in [-0.3, -0.25) is 4.90 Å². The molecule has 1 aliphatic heterocycles. The maximum Gasteiger partial charge on any atom is 0.156 e. The molecule has 1 rings (SSSR count). The molecule has 88 valence electrons. The molecule has 0 aliphatic carbocycles. The van der Waals surface area contributed by atoms with E-state index in [1.54, 1.807) is 0 Å². The molecule has 1 fully saturated rings. The van der Waals surface area contributed by atoms with Gasteiger partial charge in [0.2, 0.25) is 0 Å². The van der Waals surface area contributed by atoms with E-state index in [1.807, 2.05) is 0 Å². The highest BCUT2D eigenvalue weighted by atomic mass is 16.4. The van der Waals surface area contributed by atoms with Crippen LogP contribution in [0.25, 0.3) is 0 Å². The van der Waals surface area contributed by atoms with Gasteiger partial charge in [0.25, 0.3) is 0 Å². The van der Waals surface area contributed by atoms with E-state index in [4.69, 9.17) is 10.9 Å². The van der Waals surface area contributed by atoms with Crippen LogP contribution in [0, 0.1) is 5.92 Å². The van der Waals surface area contributed by atoms with Gasteiger partial charge in [0.15, 0.2) is 5.84 Å². The fraction of sp³-hybridized carbons (Fsp3) is 0.909. The highest BCUT2D eigenvalue weighted by Crippen LogP contribution is 2.23. The number of oxime groups is 1. The molecule has 0 aromatic carbocycles. The number of hydrogen-bond acceptors (Lipinski definition) is 3. The van der Waals surface area contributed by atoms with E-state index >= 15 is 0 Å². The van der Waals surface area contributed by atoms with Crippen molar-refractivity contribution in [3.8, 4) is 0 Å². The molecular weight excluding hydrogens is 190 g/mol. The maximum atomic E-state index is 8.70. The summed E-state index contributed by atoms with van der Waals surface area (Å²) < 4.78 is 0. The van der Waals surface area contributed by atoms with Crippen molar-refractivity contribution in [2.75, 3.05) is 13.1 Å². The minimum Gasteiger partial charge on any atom is -0.409 e. The SMILES string of the molecule is CCCC1CCN(C(CC)C(N)=NO)C1. The molecule has 0 bridgehead atoms. The van der Waals surface area contributed by atoms with Crippen LogP contribution < -0.4 is 5.73 Å². The number of hydrogen-bond donors (Lipinski definition) is 2. The van der Waals surface area contributed by atoms with Gasteiger partial charge in [0, 0.05) is 6.54 Å². The number of likely N-dealkylation sites (tertiary alicyclic amines) is 1. The van der Waals surface area contributed by atoms with Crippen LogP contribution in [-0.2, 0) is 0 Å². The van der Waals surface area contributed by atoms with E-state index in [9.17, 15) is 0 Å². The Balaban J connectivity index is 2.50. The average molecular weight is 213 g/mol. The highest BCUT2D eigenvalue weighted by molar-refractivity contribution is 5.85. The van der Waals surface area contributed by atoms with Crippen molar-refractivity contribution >= 4 is 5.84 Å². The zero-order valence-electron chi connectivity index (χ0n) is 9.82. The number of amidine groups is 1. The van der Waals surface area contributed by atoms with E-state index < -0.39 is 0 Å². The predicted octanol–water partition coefficient (Wildman–Crippen LogP) is 1.63. The standard InChI is InChI=1S/C11H23N3O/c1-3-5-9-6-7-14(8-9)10(4-2)11(12)13-15/h9-10,15H,3-8H2,1-2H3,(H2,12,13). The van der Waals surface area contributed by atoms with Crippen molar-refractivity contribution in [3.05, 3.63) is 0 Å². The van der Waals surface area contributed by atoms with Gasteiger partial charge >= 0.3 is 0 Å². The van der Waals surface area contributed by atoms with Crippen molar-refractivity contribution < 1.29 is 5.21 Å². The summed E-state index contributed by atoms with van der Waals surface area (Å²) >= 11 is 0. The van der Waals surface area contributed by atoms with Crippen LogP contribution in [0.4, 0.5) is 0 Å². The van der Waals surface area contributed by atoms with Gasteiger partial charge in [-0.05, 0) is 31.7 Å². The zero-order chi connectivity index (χ0) is 11.3. The van der Waals surface area contributed by atoms with Crippen molar-refractivity contribution in [1.82, 2.24) is 4.90 Å². The minimum atomic E-state index is 0.122. The van der Waals surface area contributed by atoms with Crippen molar-refractivity contribution in [1.29, 1.82) is 0 Å². The Kier molecular flexibility index (Phi) is 4.88. The topological polar surface area (TPSA) is 61.8 Å². The Bertz CT molecular complexity index is 218. The fourth-order valence-electron chi connectivity index (χ4n) is 2.51. The smallest absolute Gasteiger partial charge is 0.156 e. The number of nitrogens with zero attached hydrogens (tertiary/aromatic N) is 2. The van der Waals surface area contributed by atoms with E-state index in [-0.39, 0.29) is 6.04 Å². The van der Waals surface area contributed by atoms with Crippen molar-refractivity contribution in [2.45, 2.75) is 45.6 Å². The number of rotatable bonds is 5. The third kappa shape index (κ3) is 3.09. The van der Waals surface area contributed by atoms with E-state index in [0.29, 0.717) is 5.84 Å². The summed E-state index contributed by atoms with van der Waals surface area (Å²) in [4.78, 5) is 2.34. The van der Waals surface area contributed by atoms with Crippen LogP contribution >= 0.6 is 0 Å². The van der Waals surface area contributed by atoms with Crippen LogP contribution in [0.5, 0.6) is 0 Å². The Labute approximate surface area is 92.1 Å². The van der Waals surface area contributed by atoms with Gasteiger partial charge in [-0.25, -0.2) is 0 Å². The molecule has 2 atom stereocenters. The first-order valence-corrected chi connectivity index (χ1v) is 5.94. The molecule has 4 nitrogen and oxygen atoms in total. The predicted molar refractivity (Wildman–Crippen MR) is 62.1 cm³/mol. The monoisotopic (exact) mass is 213 g/mol. The van der Waals surface area contributed by atoms with Crippen LogP contribution in [0.1, 0.15) is 39.5 Å². The van der Waals surface area contributed by atoms with Gasteiger partial charge in [-0.1, -0.05) is 25.4 Å².